The van der Waals surface area contributed by atoms with Gasteiger partial charge in [0.25, 0.3) is 19.7 Å². The third-order valence-electron chi connectivity index (χ3n) is 5.71. The molecule has 11 heteroatoms. The summed E-state index contributed by atoms with van der Waals surface area (Å²) in [6, 6.07) is 19.4. The van der Waals surface area contributed by atoms with Crippen LogP contribution in [0.15, 0.2) is 91.0 Å². The second kappa shape index (κ2) is 10.1. The minimum Gasteiger partial charge on any atom is -0.399 e. The molecule has 0 fully saturated rings. The van der Waals surface area contributed by atoms with Crippen molar-refractivity contribution in [3.05, 3.63) is 134 Å². The Labute approximate surface area is 203 Å². The second-order valence-electron chi connectivity index (χ2n) is 7.78. The van der Waals surface area contributed by atoms with Gasteiger partial charge in [0.15, 0.2) is 0 Å². The maximum atomic E-state index is 13.8. The van der Waals surface area contributed by atoms with E-state index < -0.39 is 53.6 Å². The highest BCUT2D eigenvalue weighted by molar-refractivity contribution is 7.07. The van der Waals surface area contributed by atoms with Crippen LogP contribution in [0, 0.1) is 37.7 Å². The number of rotatable bonds is 8. The lowest BCUT2D eigenvalue weighted by molar-refractivity contribution is -0.396. The molecule has 4 aromatic carbocycles. The Morgan fingerprint density at radius 1 is 0.611 bits per heavy atom. The third kappa shape index (κ3) is 4.74. The van der Waals surface area contributed by atoms with Gasteiger partial charge < -0.3 is 4.43 Å². The highest BCUT2D eigenvalue weighted by atomic mass is 28.4. The Balaban J connectivity index is 1.97. The van der Waals surface area contributed by atoms with Gasteiger partial charge in [-0.1, -0.05) is 36.4 Å². The van der Waals surface area contributed by atoms with Gasteiger partial charge in [-0.2, -0.15) is 0 Å². The van der Waals surface area contributed by atoms with Crippen LogP contribution in [0.3, 0.4) is 0 Å². The SMILES string of the molecule is O=[N+]([O-])c1cccc([N+](=O)[O-])c1CO[Si](c1ccc(F)cc1)(c1ccc(F)cc1)c1ccc(F)cc1. The molecule has 0 heterocycles. The van der Waals surface area contributed by atoms with Crippen LogP contribution < -0.4 is 15.6 Å². The topological polar surface area (TPSA) is 95.5 Å². The van der Waals surface area contributed by atoms with E-state index in [-0.39, 0.29) is 5.56 Å². The molecule has 0 bridgehead atoms. The summed E-state index contributed by atoms with van der Waals surface area (Å²) in [6.45, 7) is -0.564. The van der Waals surface area contributed by atoms with Crippen molar-refractivity contribution < 1.29 is 27.4 Å². The highest BCUT2D eigenvalue weighted by Crippen LogP contribution is 2.30. The normalized spacial score (nSPS) is 11.3. The first-order valence-corrected chi connectivity index (χ1v) is 12.5. The lowest BCUT2D eigenvalue weighted by Crippen LogP contribution is -2.69. The minimum absolute atomic E-state index is 0.268. The molecule has 0 spiro atoms. The maximum Gasteiger partial charge on any atom is 0.288 e. The molecule has 0 aliphatic heterocycles. The Morgan fingerprint density at radius 2 is 0.944 bits per heavy atom. The van der Waals surface area contributed by atoms with E-state index in [1.165, 1.54) is 78.9 Å². The van der Waals surface area contributed by atoms with Crippen molar-refractivity contribution in [1.29, 1.82) is 0 Å². The highest BCUT2D eigenvalue weighted by Gasteiger charge is 2.43. The molecule has 4 aromatic rings. The average Bonchev–Trinajstić information content (AvgIpc) is 2.86. The molecule has 4 rings (SSSR count). The number of nitrogens with zero attached hydrogens (tertiary/aromatic N) is 2. The van der Waals surface area contributed by atoms with Crippen molar-refractivity contribution in [3.63, 3.8) is 0 Å². The third-order valence-corrected chi connectivity index (χ3v) is 9.72. The van der Waals surface area contributed by atoms with E-state index in [0.717, 1.165) is 12.1 Å². The predicted octanol–water partition coefficient (Wildman–Crippen LogP) is 4.10. The van der Waals surface area contributed by atoms with Crippen LogP contribution in [-0.2, 0) is 11.0 Å². The van der Waals surface area contributed by atoms with Crippen molar-refractivity contribution in [2.45, 2.75) is 6.61 Å². The van der Waals surface area contributed by atoms with Crippen LogP contribution in [0.5, 0.6) is 0 Å². The zero-order chi connectivity index (χ0) is 25.9. The number of benzene rings is 4. The molecule has 0 unspecified atom stereocenters. The average molecular weight is 511 g/mol. The molecule has 36 heavy (non-hydrogen) atoms. The van der Waals surface area contributed by atoms with Crippen LogP contribution in [0.25, 0.3) is 0 Å². The molecule has 0 saturated heterocycles. The molecule has 0 atom stereocenters. The summed E-state index contributed by atoms with van der Waals surface area (Å²) in [5.41, 5.74) is -1.29. The van der Waals surface area contributed by atoms with E-state index in [1.807, 2.05) is 0 Å². The number of nitro benzene ring substituents is 2. The van der Waals surface area contributed by atoms with Gasteiger partial charge in [0.05, 0.1) is 16.5 Å². The van der Waals surface area contributed by atoms with Crippen molar-refractivity contribution in [2.24, 2.45) is 0 Å². The number of halogens is 3. The Hall–Kier alpha value is -4.35. The Bertz CT molecular complexity index is 1270. The Kier molecular flexibility index (Phi) is 6.95. The zero-order valence-corrected chi connectivity index (χ0v) is 19.4. The van der Waals surface area contributed by atoms with Gasteiger partial charge >= 0.3 is 0 Å². The van der Waals surface area contributed by atoms with Gasteiger partial charge in [-0.15, -0.1) is 0 Å². The Morgan fingerprint density at radius 3 is 1.25 bits per heavy atom. The standard InChI is InChI=1S/C25H17F3N2O5Si/c26-17-4-10-20(11-5-17)36(21-12-6-18(27)7-13-21,22-14-8-19(28)9-15-22)35-16-23-24(29(31)32)2-1-3-25(23)30(33)34/h1-15H,16H2. The van der Waals surface area contributed by atoms with Crippen LogP contribution in [-0.4, -0.2) is 18.2 Å². The van der Waals surface area contributed by atoms with Gasteiger partial charge in [0, 0.05) is 12.1 Å². The molecular formula is C25H17F3N2O5Si. The van der Waals surface area contributed by atoms with Crippen molar-refractivity contribution in [1.82, 2.24) is 0 Å². The molecule has 0 aromatic heterocycles. The first kappa shape index (κ1) is 24.8. The van der Waals surface area contributed by atoms with E-state index in [1.54, 1.807) is 0 Å². The summed E-state index contributed by atoms with van der Waals surface area (Å²) in [6.07, 6.45) is 0. The van der Waals surface area contributed by atoms with E-state index in [9.17, 15) is 33.4 Å². The largest absolute Gasteiger partial charge is 0.399 e. The summed E-state index contributed by atoms with van der Waals surface area (Å²) in [7, 11) is -3.74. The summed E-state index contributed by atoms with van der Waals surface area (Å²) in [5, 5.41) is 24.7. The lowest BCUT2D eigenvalue weighted by Gasteiger charge is -2.33. The summed E-state index contributed by atoms with van der Waals surface area (Å²) < 4.78 is 48.0. The van der Waals surface area contributed by atoms with Gasteiger partial charge in [-0.25, -0.2) is 13.2 Å². The summed E-state index contributed by atoms with van der Waals surface area (Å²) in [4.78, 5) is 21.8. The van der Waals surface area contributed by atoms with E-state index in [2.05, 4.69) is 0 Å². The van der Waals surface area contributed by atoms with Crippen LogP contribution in [0.4, 0.5) is 24.5 Å². The summed E-state index contributed by atoms with van der Waals surface area (Å²) >= 11 is 0. The molecule has 0 radical (unpaired) electrons. The number of nitro groups is 2. The zero-order valence-electron chi connectivity index (χ0n) is 18.4. The molecule has 0 aliphatic rings. The smallest absolute Gasteiger partial charge is 0.288 e. The van der Waals surface area contributed by atoms with Crippen molar-refractivity contribution >= 4 is 35.3 Å². The molecule has 0 amide bonds. The first-order chi connectivity index (χ1) is 17.2. The minimum atomic E-state index is -3.74. The van der Waals surface area contributed by atoms with E-state index >= 15 is 0 Å². The molecule has 0 N–H and O–H groups in total. The molecule has 0 aliphatic carbocycles. The fourth-order valence-electron chi connectivity index (χ4n) is 4.04. The molecular weight excluding hydrogens is 493 g/mol. The van der Waals surface area contributed by atoms with Crippen molar-refractivity contribution in [3.8, 4) is 0 Å². The van der Waals surface area contributed by atoms with Gasteiger partial charge in [-0.3, -0.25) is 20.2 Å². The van der Waals surface area contributed by atoms with Gasteiger partial charge in [0.2, 0.25) is 0 Å². The van der Waals surface area contributed by atoms with Gasteiger partial charge in [0.1, 0.15) is 23.0 Å². The molecule has 7 nitrogen and oxygen atoms in total. The van der Waals surface area contributed by atoms with Crippen molar-refractivity contribution in [2.75, 3.05) is 0 Å². The second-order valence-corrected chi connectivity index (χ2v) is 11.2. The maximum absolute atomic E-state index is 13.8. The first-order valence-electron chi connectivity index (χ1n) is 10.5. The quantitative estimate of drug-likeness (QED) is 0.154. The molecule has 182 valence electrons. The fourth-order valence-corrected chi connectivity index (χ4v) is 7.81. The van der Waals surface area contributed by atoms with Crippen LogP contribution in [0.1, 0.15) is 5.56 Å². The predicted molar refractivity (Wildman–Crippen MR) is 128 cm³/mol. The monoisotopic (exact) mass is 510 g/mol. The van der Waals surface area contributed by atoms with E-state index in [0.29, 0.717) is 15.6 Å². The van der Waals surface area contributed by atoms with Crippen LogP contribution >= 0.6 is 0 Å². The molecule has 0 saturated carbocycles. The van der Waals surface area contributed by atoms with Crippen LogP contribution in [0.2, 0.25) is 0 Å². The number of hydrogen-bond donors (Lipinski definition) is 0. The van der Waals surface area contributed by atoms with Gasteiger partial charge in [-0.05, 0) is 58.0 Å². The fraction of sp³-hybridized carbons (Fsp3) is 0.0400. The summed E-state index contributed by atoms with van der Waals surface area (Å²) in [5.74, 6) is -1.60. The number of hydrogen-bond acceptors (Lipinski definition) is 5. The van der Waals surface area contributed by atoms with E-state index in [4.69, 9.17) is 4.43 Å². The lowest BCUT2D eigenvalue weighted by atomic mass is 10.1.